The second-order valence-electron chi connectivity index (χ2n) is 5.09. The van der Waals surface area contributed by atoms with Crippen molar-refractivity contribution in [3.05, 3.63) is 28.2 Å². The number of hydrogen-bond acceptors (Lipinski definition) is 2. The molecule has 0 unspecified atom stereocenters. The molecule has 1 aliphatic rings. The predicted molar refractivity (Wildman–Crippen MR) is 79.3 cm³/mol. The van der Waals surface area contributed by atoms with Crippen LogP contribution in [-0.2, 0) is 0 Å². The van der Waals surface area contributed by atoms with Crippen LogP contribution < -0.4 is 10.6 Å². The maximum absolute atomic E-state index is 11.9. The molecule has 0 saturated heterocycles. The van der Waals surface area contributed by atoms with E-state index in [0.717, 1.165) is 41.4 Å². The van der Waals surface area contributed by atoms with Crippen molar-refractivity contribution >= 4 is 27.6 Å². The number of benzene rings is 1. The number of hydrogen-bond donors (Lipinski definition) is 3. The highest BCUT2D eigenvalue weighted by Gasteiger charge is 2.20. The summed E-state index contributed by atoms with van der Waals surface area (Å²) in [7, 11) is 0. The lowest BCUT2D eigenvalue weighted by Crippen LogP contribution is -2.40. The minimum atomic E-state index is -0.202. The first-order valence-electron chi connectivity index (χ1n) is 6.56. The van der Waals surface area contributed by atoms with Gasteiger partial charge in [-0.1, -0.05) is 6.07 Å². The van der Waals surface area contributed by atoms with Crippen LogP contribution in [-0.4, -0.2) is 23.3 Å². The molecule has 1 aromatic rings. The molecule has 4 nitrogen and oxygen atoms in total. The Morgan fingerprint density at radius 1 is 1.32 bits per heavy atom. The van der Waals surface area contributed by atoms with Crippen LogP contribution in [0.25, 0.3) is 0 Å². The monoisotopic (exact) mass is 326 g/mol. The number of amides is 2. The number of aryl methyl sites for hydroxylation is 1. The molecule has 19 heavy (non-hydrogen) atoms. The van der Waals surface area contributed by atoms with Gasteiger partial charge in [0.1, 0.15) is 0 Å². The van der Waals surface area contributed by atoms with Gasteiger partial charge in [-0.2, -0.15) is 0 Å². The number of rotatable bonds is 2. The minimum absolute atomic E-state index is 0.159. The van der Waals surface area contributed by atoms with Crippen LogP contribution in [0.2, 0.25) is 0 Å². The van der Waals surface area contributed by atoms with Crippen LogP contribution in [0.15, 0.2) is 22.7 Å². The highest BCUT2D eigenvalue weighted by molar-refractivity contribution is 9.10. The third-order valence-electron chi connectivity index (χ3n) is 3.40. The second-order valence-corrected chi connectivity index (χ2v) is 5.94. The van der Waals surface area contributed by atoms with E-state index in [2.05, 4.69) is 26.6 Å². The normalized spacial score (nSPS) is 22.9. The average molecular weight is 327 g/mol. The summed E-state index contributed by atoms with van der Waals surface area (Å²) in [5, 5.41) is 15.2. The summed E-state index contributed by atoms with van der Waals surface area (Å²) in [6.07, 6.45) is 3.00. The van der Waals surface area contributed by atoms with Crippen molar-refractivity contribution in [1.82, 2.24) is 5.32 Å². The van der Waals surface area contributed by atoms with E-state index in [9.17, 15) is 9.90 Å². The van der Waals surface area contributed by atoms with Gasteiger partial charge in [0, 0.05) is 10.5 Å². The lowest BCUT2D eigenvalue weighted by Gasteiger charge is -2.26. The van der Waals surface area contributed by atoms with E-state index < -0.39 is 0 Å². The molecule has 5 heteroatoms. The van der Waals surface area contributed by atoms with Gasteiger partial charge in [0.25, 0.3) is 0 Å². The Hall–Kier alpha value is -1.07. The smallest absolute Gasteiger partial charge is 0.319 e. The molecule has 1 aliphatic carbocycles. The Labute approximate surface area is 121 Å². The van der Waals surface area contributed by atoms with E-state index >= 15 is 0 Å². The first kappa shape index (κ1) is 14.3. The van der Waals surface area contributed by atoms with Crippen LogP contribution >= 0.6 is 15.9 Å². The largest absolute Gasteiger partial charge is 0.393 e. The molecule has 0 radical (unpaired) electrons. The number of carbonyl (C=O) groups excluding carboxylic acids is 1. The topological polar surface area (TPSA) is 61.4 Å². The molecule has 1 aromatic carbocycles. The molecule has 1 saturated carbocycles. The summed E-state index contributed by atoms with van der Waals surface area (Å²) in [5.41, 5.74) is 1.87. The molecular formula is C14H19BrN2O2. The molecule has 2 amide bonds. The minimum Gasteiger partial charge on any atom is -0.393 e. The van der Waals surface area contributed by atoms with Crippen molar-refractivity contribution in [3.63, 3.8) is 0 Å². The molecule has 0 heterocycles. The zero-order valence-corrected chi connectivity index (χ0v) is 12.5. The molecule has 3 N–H and O–H groups in total. The maximum atomic E-state index is 11.9. The van der Waals surface area contributed by atoms with Gasteiger partial charge in [0.15, 0.2) is 0 Å². The van der Waals surface area contributed by atoms with Crippen LogP contribution in [0.4, 0.5) is 10.5 Å². The lowest BCUT2D eigenvalue weighted by atomic mass is 9.93. The van der Waals surface area contributed by atoms with E-state index in [1.807, 2.05) is 25.1 Å². The zero-order chi connectivity index (χ0) is 13.8. The number of carbonyl (C=O) groups is 1. The third kappa shape index (κ3) is 4.21. The van der Waals surface area contributed by atoms with Crippen molar-refractivity contribution in [2.24, 2.45) is 0 Å². The molecular weight excluding hydrogens is 308 g/mol. The Morgan fingerprint density at radius 3 is 2.68 bits per heavy atom. The first-order chi connectivity index (χ1) is 9.04. The highest BCUT2D eigenvalue weighted by Crippen LogP contribution is 2.23. The predicted octanol–water partition coefficient (Wildman–Crippen LogP) is 3.18. The Morgan fingerprint density at radius 2 is 2.00 bits per heavy atom. The summed E-state index contributed by atoms with van der Waals surface area (Å²) in [5.74, 6) is 0. The summed E-state index contributed by atoms with van der Waals surface area (Å²) < 4.78 is 0.868. The second kappa shape index (κ2) is 6.39. The zero-order valence-electron chi connectivity index (χ0n) is 10.9. The first-order valence-corrected chi connectivity index (χ1v) is 7.35. The molecule has 1 fully saturated rings. The number of nitrogens with one attached hydrogen (secondary N) is 2. The maximum Gasteiger partial charge on any atom is 0.319 e. The van der Waals surface area contributed by atoms with E-state index in [4.69, 9.17) is 0 Å². The van der Waals surface area contributed by atoms with E-state index in [0.29, 0.717) is 0 Å². The molecule has 0 bridgehead atoms. The lowest BCUT2D eigenvalue weighted by molar-refractivity contribution is 0.118. The highest BCUT2D eigenvalue weighted by atomic mass is 79.9. The summed E-state index contributed by atoms with van der Waals surface area (Å²) in [4.78, 5) is 11.9. The van der Waals surface area contributed by atoms with Gasteiger partial charge in [-0.3, -0.25) is 0 Å². The number of halogens is 1. The number of aliphatic hydroxyl groups excluding tert-OH is 1. The summed E-state index contributed by atoms with van der Waals surface area (Å²) in [6.45, 7) is 1.98. The SMILES string of the molecule is Cc1ccc(Br)c(NC(=O)NC2CCC(O)CC2)c1. The molecule has 0 aromatic heterocycles. The Kier molecular flexibility index (Phi) is 4.82. The van der Waals surface area contributed by atoms with Gasteiger partial charge in [-0.15, -0.1) is 0 Å². The van der Waals surface area contributed by atoms with Crippen LogP contribution in [0.5, 0.6) is 0 Å². The number of anilines is 1. The Balaban J connectivity index is 1.89. The van der Waals surface area contributed by atoms with Crippen molar-refractivity contribution in [3.8, 4) is 0 Å². The van der Waals surface area contributed by atoms with Crippen molar-refractivity contribution in [2.75, 3.05) is 5.32 Å². The molecule has 104 valence electrons. The Bertz CT molecular complexity index is 457. The van der Waals surface area contributed by atoms with Gasteiger partial charge in [0.05, 0.1) is 11.8 Å². The quantitative estimate of drug-likeness (QED) is 0.781. The van der Waals surface area contributed by atoms with Crippen molar-refractivity contribution in [1.29, 1.82) is 0 Å². The van der Waals surface area contributed by atoms with Crippen LogP contribution in [0.3, 0.4) is 0 Å². The molecule has 2 rings (SSSR count). The van der Waals surface area contributed by atoms with E-state index in [-0.39, 0.29) is 18.2 Å². The molecule has 0 spiro atoms. The standard InChI is InChI=1S/C14H19BrN2O2/c1-9-2-7-12(15)13(8-9)17-14(19)16-10-3-5-11(18)6-4-10/h2,7-8,10-11,18H,3-6H2,1H3,(H2,16,17,19). The molecule has 0 aliphatic heterocycles. The number of aliphatic hydroxyl groups is 1. The van der Waals surface area contributed by atoms with Gasteiger partial charge in [-0.25, -0.2) is 4.79 Å². The number of urea groups is 1. The summed E-state index contributed by atoms with van der Waals surface area (Å²) >= 11 is 3.42. The summed E-state index contributed by atoms with van der Waals surface area (Å²) in [6, 6.07) is 5.80. The van der Waals surface area contributed by atoms with Gasteiger partial charge in [0.2, 0.25) is 0 Å². The molecule has 0 atom stereocenters. The third-order valence-corrected chi connectivity index (χ3v) is 4.09. The van der Waals surface area contributed by atoms with E-state index in [1.54, 1.807) is 0 Å². The van der Waals surface area contributed by atoms with Crippen LogP contribution in [0.1, 0.15) is 31.2 Å². The van der Waals surface area contributed by atoms with E-state index in [1.165, 1.54) is 0 Å². The van der Waals surface area contributed by atoms with Gasteiger partial charge >= 0.3 is 6.03 Å². The van der Waals surface area contributed by atoms with Gasteiger partial charge < -0.3 is 15.7 Å². The average Bonchev–Trinajstić information content (AvgIpc) is 2.37. The van der Waals surface area contributed by atoms with Gasteiger partial charge in [-0.05, 0) is 66.2 Å². The van der Waals surface area contributed by atoms with Crippen molar-refractivity contribution < 1.29 is 9.90 Å². The van der Waals surface area contributed by atoms with Crippen LogP contribution in [0, 0.1) is 6.92 Å². The fourth-order valence-electron chi connectivity index (χ4n) is 2.30. The van der Waals surface area contributed by atoms with Crippen molar-refractivity contribution in [2.45, 2.75) is 44.8 Å². The fourth-order valence-corrected chi connectivity index (χ4v) is 2.64. The fraction of sp³-hybridized carbons (Fsp3) is 0.500.